The quantitative estimate of drug-likeness (QED) is 0.832. The molecule has 1 aliphatic rings. The Bertz CT molecular complexity index is 593. The fraction of sp³-hybridized carbons (Fsp3) is 0.556. The first-order valence-corrected chi connectivity index (χ1v) is 8.11. The van der Waals surface area contributed by atoms with Crippen LogP contribution in [0.2, 0.25) is 0 Å². The summed E-state index contributed by atoms with van der Waals surface area (Å²) in [6.07, 6.45) is -0.346. The standard InChI is InChI=1S/C18H26N2O4/c1-17(2,3)23-16(22)20-12-11-19(13-18(20,4)5)24-15(21)14-9-7-6-8-10-14/h6-10H,11-13H2,1-5H3. The predicted molar refractivity (Wildman–Crippen MR) is 90.4 cm³/mol. The molecule has 0 saturated carbocycles. The third-order valence-electron chi connectivity index (χ3n) is 3.70. The number of ether oxygens (including phenoxy) is 1. The minimum atomic E-state index is -0.538. The largest absolute Gasteiger partial charge is 0.444 e. The van der Waals surface area contributed by atoms with Crippen molar-refractivity contribution in [3.63, 3.8) is 0 Å². The Kier molecular flexibility index (Phi) is 5.18. The molecular formula is C18H26N2O4. The Balaban J connectivity index is 1.98. The molecular weight excluding hydrogens is 308 g/mol. The molecule has 132 valence electrons. The Morgan fingerprint density at radius 2 is 1.71 bits per heavy atom. The normalized spacial score (nSPS) is 18.1. The van der Waals surface area contributed by atoms with Crippen LogP contribution in [0.3, 0.4) is 0 Å². The van der Waals surface area contributed by atoms with Crippen molar-refractivity contribution in [2.24, 2.45) is 0 Å². The molecule has 6 nitrogen and oxygen atoms in total. The second-order valence-electron chi connectivity index (χ2n) is 7.55. The zero-order chi connectivity index (χ0) is 18.0. The summed E-state index contributed by atoms with van der Waals surface area (Å²) in [6.45, 7) is 10.7. The Labute approximate surface area is 143 Å². The van der Waals surface area contributed by atoms with E-state index in [1.54, 1.807) is 34.2 Å². The van der Waals surface area contributed by atoms with Crippen molar-refractivity contribution in [3.8, 4) is 0 Å². The Hall–Kier alpha value is -2.08. The van der Waals surface area contributed by atoms with Crippen molar-refractivity contribution in [2.75, 3.05) is 19.6 Å². The SMILES string of the molecule is CC(C)(C)OC(=O)N1CCN(OC(=O)c2ccccc2)CC1(C)C. The Morgan fingerprint density at radius 3 is 2.25 bits per heavy atom. The third kappa shape index (κ3) is 4.71. The van der Waals surface area contributed by atoms with Crippen LogP contribution in [0, 0.1) is 0 Å². The average Bonchev–Trinajstić information content (AvgIpc) is 2.45. The fourth-order valence-corrected chi connectivity index (χ4v) is 2.59. The molecule has 6 heteroatoms. The number of carbonyl (C=O) groups excluding carboxylic acids is 2. The molecule has 0 bridgehead atoms. The molecule has 1 fully saturated rings. The number of carbonyl (C=O) groups is 2. The van der Waals surface area contributed by atoms with Gasteiger partial charge in [0.1, 0.15) is 5.60 Å². The lowest BCUT2D eigenvalue weighted by molar-refractivity contribution is -0.155. The molecule has 0 aromatic heterocycles. The van der Waals surface area contributed by atoms with Crippen LogP contribution in [-0.2, 0) is 9.57 Å². The molecule has 0 spiro atoms. The molecule has 1 heterocycles. The number of hydrogen-bond donors (Lipinski definition) is 0. The zero-order valence-electron chi connectivity index (χ0n) is 15.0. The van der Waals surface area contributed by atoms with Crippen LogP contribution in [0.1, 0.15) is 45.0 Å². The van der Waals surface area contributed by atoms with E-state index >= 15 is 0 Å². The molecule has 1 aliphatic heterocycles. The van der Waals surface area contributed by atoms with E-state index in [0.717, 1.165) is 0 Å². The molecule has 0 atom stereocenters. The van der Waals surface area contributed by atoms with Crippen LogP contribution < -0.4 is 0 Å². The first kappa shape index (κ1) is 18.3. The second kappa shape index (κ2) is 6.81. The van der Waals surface area contributed by atoms with Crippen LogP contribution in [-0.4, -0.2) is 52.8 Å². The summed E-state index contributed by atoms with van der Waals surface area (Å²) in [5.41, 5.74) is -0.536. The van der Waals surface area contributed by atoms with E-state index in [4.69, 9.17) is 9.57 Å². The number of rotatable bonds is 2. The first-order chi connectivity index (χ1) is 11.1. The molecule has 0 aliphatic carbocycles. The van der Waals surface area contributed by atoms with Crippen LogP contribution >= 0.6 is 0 Å². The van der Waals surface area contributed by atoms with Gasteiger partial charge >= 0.3 is 12.1 Å². The lowest BCUT2D eigenvalue weighted by Crippen LogP contribution is -2.61. The van der Waals surface area contributed by atoms with E-state index in [1.807, 2.05) is 40.7 Å². The van der Waals surface area contributed by atoms with Gasteiger partial charge in [0.15, 0.2) is 0 Å². The van der Waals surface area contributed by atoms with Crippen LogP contribution in [0.5, 0.6) is 0 Å². The number of amides is 1. The molecule has 2 rings (SSSR count). The van der Waals surface area contributed by atoms with Crippen molar-refractivity contribution in [1.82, 2.24) is 9.96 Å². The number of hydroxylamine groups is 2. The summed E-state index contributed by atoms with van der Waals surface area (Å²) in [4.78, 5) is 31.7. The monoisotopic (exact) mass is 334 g/mol. The van der Waals surface area contributed by atoms with Crippen LogP contribution in [0.25, 0.3) is 0 Å². The highest BCUT2D eigenvalue weighted by Crippen LogP contribution is 2.24. The number of hydrogen-bond acceptors (Lipinski definition) is 5. The predicted octanol–water partition coefficient (Wildman–Crippen LogP) is 3.09. The summed E-state index contributed by atoms with van der Waals surface area (Å²) in [5, 5.41) is 1.61. The summed E-state index contributed by atoms with van der Waals surface area (Å²) in [6, 6.07) is 8.86. The molecule has 0 radical (unpaired) electrons. The van der Waals surface area contributed by atoms with Crippen LogP contribution in [0.4, 0.5) is 4.79 Å². The van der Waals surface area contributed by atoms with E-state index in [2.05, 4.69) is 0 Å². The van der Waals surface area contributed by atoms with Gasteiger partial charge in [-0.2, -0.15) is 0 Å². The van der Waals surface area contributed by atoms with E-state index in [-0.39, 0.29) is 6.09 Å². The average molecular weight is 334 g/mol. The summed E-state index contributed by atoms with van der Waals surface area (Å²) in [5.74, 6) is -0.392. The molecule has 1 aromatic rings. The van der Waals surface area contributed by atoms with Crippen molar-refractivity contribution in [1.29, 1.82) is 0 Å². The van der Waals surface area contributed by atoms with E-state index in [9.17, 15) is 9.59 Å². The minimum absolute atomic E-state index is 0.346. The molecule has 24 heavy (non-hydrogen) atoms. The first-order valence-electron chi connectivity index (χ1n) is 8.11. The van der Waals surface area contributed by atoms with Crippen molar-refractivity contribution in [2.45, 2.75) is 45.8 Å². The molecule has 0 N–H and O–H groups in total. The maximum atomic E-state index is 12.4. The van der Waals surface area contributed by atoms with Crippen molar-refractivity contribution < 1.29 is 19.2 Å². The van der Waals surface area contributed by atoms with Gasteiger partial charge in [0.25, 0.3) is 0 Å². The summed E-state index contributed by atoms with van der Waals surface area (Å²) < 4.78 is 5.46. The van der Waals surface area contributed by atoms with Gasteiger partial charge in [0.05, 0.1) is 24.2 Å². The lowest BCUT2D eigenvalue weighted by atomic mass is 10.0. The number of benzene rings is 1. The van der Waals surface area contributed by atoms with Gasteiger partial charge in [-0.25, -0.2) is 9.59 Å². The highest BCUT2D eigenvalue weighted by atomic mass is 16.7. The van der Waals surface area contributed by atoms with E-state index < -0.39 is 17.1 Å². The highest BCUT2D eigenvalue weighted by Gasteiger charge is 2.40. The van der Waals surface area contributed by atoms with Gasteiger partial charge in [0.2, 0.25) is 0 Å². The maximum absolute atomic E-state index is 12.4. The van der Waals surface area contributed by atoms with Crippen molar-refractivity contribution in [3.05, 3.63) is 35.9 Å². The van der Waals surface area contributed by atoms with Gasteiger partial charge in [0, 0.05) is 6.54 Å². The Morgan fingerprint density at radius 1 is 1.08 bits per heavy atom. The summed E-state index contributed by atoms with van der Waals surface area (Å²) >= 11 is 0. The van der Waals surface area contributed by atoms with E-state index in [0.29, 0.717) is 25.2 Å². The van der Waals surface area contributed by atoms with Crippen LogP contribution in [0.15, 0.2) is 30.3 Å². The van der Waals surface area contributed by atoms with Gasteiger partial charge in [-0.3, -0.25) is 0 Å². The second-order valence-corrected chi connectivity index (χ2v) is 7.55. The lowest BCUT2D eigenvalue weighted by Gasteiger charge is -2.45. The van der Waals surface area contributed by atoms with E-state index in [1.165, 1.54) is 0 Å². The van der Waals surface area contributed by atoms with Gasteiger partial charge < -0.3 is 14.5 Å². The molecule has 1 aromatic carbocycles. The zero-order valence-corrected chi connectivity index (χ0v) is 15.0. The maximum Gasteiger partial charge on any atom is 0.410 e. The van der Waals surface area contributed by atoms with Gasteiger partial charge in [-0.15, -0.1) is 5.06 Å². The highest BCUT2D eigenvalue weighted by molar-refractivity contribution is 5.89. The summed E-state index contributed by atoms with van der Waals surface area (Å²) in [7, 11) is 0. The topological polar surface area (TPSA) is 59.1 Å². The van der Waals surface area contributed by atoms with Gasteiger partial charge in [-0.1, -0.05) is 18.2 Å². The smallest absolute Gasteiger partial charge is 0.410 e. The minimum Gasteiger partial charge on any atom is -0.444 e. The van der Waals surface area contributed by atoms with Gasteiger partial charge in [-0.05, 0) is 46.8 Å². The molecule has 1 saturated heterocycles. The molecule has 1 amide bonds. The molecule has 0 unspecified atom stereocenters. The fourth-order valence-electron chi connectivity index (χ4n) is 2.59. The number of nitrogens with zero attached hydrogens (tertiary/aromatic N) is 2. The third-order valence-corrected chi connectivity index (χ3v) is 3.70. The van der Waals surface area contributed by atoms with Crippen molar-refractivity contribution >= 4 is 12.1 Å². The number of piperazine rings is 1.